The zero-order chi connectivity index (χ0) is 12.5. The fraction of sp³-hybridized carbons (Fsp3) is 0.385. The molecule has 0 fully saturated rings. The highest BCUT2D eigenvalue weighted by atomic mass is 16.4. The molecule has 0 spiro atoms. The number of hydrogen-bond acceptors (Lipinski definition) is 5. The number of nitrogens with zero attached hydrogens (tertiary/aromatic N) is 2. The maximum Gasteiger partial charge on any atom is 0.315 e. The molecule has 2 unspecified atom stereocenters. The fourth-order valence-corrected chi connectivity index (χ4v) is 2.25. The summed E-state index contributed by atoms with van der Waals surface area (Å²) in [4.78, 5) is 0. The number of benzene rings is 1. The third-order valence-electron chi connectivity index (χ3n) is 3.29. The molecular weight excluding hydrogens is 228 g/mol. The summed E-state index contributed by atoms with van der Waals surface area (Å²) in [5.74, 6) is 0.998. The average Bonchev–Trinajstić information content (AvgIpc) is 2.79. The van der Waals surface area contributed by atoms with Crippen LogP contribution in [0.15, 0.2) is 28.7 Å². The third-order valence-corrected chi connectivity index (χ3v) is 3.29. The predicted octanol–water partition coefficient (Wildman–Crippen LogP) is 1.84. The molecule has 1 aliphatic rings. The highest BCUT2D eigenvalue weighted by Crippen LogP contribution is 2.34. The summed E-state index contributed by atoms with van der Waals surface area (Å²) in [7, 11) is 0. The van der Waals surface area contributed by atoms with E-state index in [0.29, 0.717) is 17.8 Å². The monoisotopic (exact) mass is 244 g/mol. The fourth-order valence-electron chi connectivity index (χ4n) is 2.25. The zero-order valence-corrected chi connectivity index (χ0v) is 10.3. The summed E-state index contributed by atoms with van der Waals surface area (Å²) in [6, 6.07) is 8.73. The van der Waals surface area contributed by atoms with Crippen molar-refractivity contribution < 1.29 is 4.42 Å². The number of nitrogens with one attached hydrogen (secondary N) is 1. The number of fused-ring (bicyclic) bond motifs is 1. The van der Waals surface area contributed by atoms with Crippen LogP contribution in [0, 0.1) is 0 Å². The van der Waals surface area contributed by atoms with Crippen LogP contribution < -0.4 is 11.1 Å². The van der Waals surface area contributed by atoms with Gasteiger partial charge < -0.3 is 15.5 Å². The van der Waals surface area contributed by atoms with Crippen LogP contribution in [0.2, 0.25) is 0 Å². The van der Waals surface area contributed by atoms with Crippen molar-refractivity contribution in [1.29, 1.82) is 0 Å². The molecule has 5 nitrogen and oxygen atoms in total. The summed E-state index contributed by atoms with van der Waals surface area (Å²) >= 11 is 0. The zero-order valence-electron chi connectivity index (χ0n) is 10.3. The van der Waals surface area contributed by atoms with Gasteiger partial charge in [-0.3, -0.25) is 0 Å². The van der Waals surface area contributed by atoms with Gasteiger partial charge in [-0.2, -0.15) is 0 Å². The highest BCUT2D eigenvalue weighted by molar-refractivity contribution is 5.41. The van der Waals surface area contributed by atoms with Crippen LogP contribution in [-0.2, 0) is 6.42 Å². The van der Waals surface area contributed by atoms with Gasteiger partial charge in [0.1, 0.15) is 0 Å². The molecule has 0 amide bonds. The van der Waals surface area contributed by atoms with E-state index in [0.717, 1.165) is 13.0 Å². The first-order chi connectivity index (χ1) is 8.74. The molecule has 0 saturated heterocycles. The van der Waals surface area contributed by atoms with Crippen LogP contribution in [0.25, 0.3) is 0 Å². The summed E-state index contributed by atoms with van der Waals surface area (Å²) in [6.45, 7) is 2.64. The van der Waals surface area contributed by atoms with E-state index in [2.05, 4.69) is 39.8 Å². The number of anilines is 1. The van der Waals surface area contributed by atoms with Gasteiger partial charge in [-0.25, -0.2) is 0 Å². The lowest BCUT2D eigenvalue weighted by molar-refractivity contribution is 0.470. The van der Waals surface area contributed by atoms with Gasteiger partial charge in [-0.15, -0.1) is 5.10 Å². The molecule has 3 N–H and O–H groups in total. The summed E-state index contributed by atoms with van der Waals surface area (Å²) in [5, 5.41) is 11.0. The van der Waals surface area contributed by atoms with Gasteiger partial charge in [0.15, 0.2) is 0 Å². The molecule has 1 aromatic heterocycles. The molecule has 0 saturated carbocycles. The Morgan fingerprint density at radius 1 is 1.44 bits per heavy atom. The first kappa shape index (κ1) is 11.2. The normalized spacial score (nSPS) is 18.9. The molecule has 2 aromatic rings. The molecule has 0 radical (unpaired) electrons. The van der Waals surface area contributed by atoms with E-state index in [9.17, 15) is 0 Å². The van der Waals surface area contributed by atoms with Crippen LogP contribution in [0.3, 0.4) is 0 Å². The second-order valence-corrected chi connectivity index (χ2v) is 4.71. The Hall–Kier alpha value is -1.88. The van der Waals surface area contributed by atoms with E-state index in [1.54, 1.807) is 0 Å². The largest absolute Gasteiger partial charge is 0.406 e. The van der Waals surface area contributed by atoms with Gasteiger partial charge in [0.2, 0.25) is 5.89 Å². The molecule has 1 aromatic carbocycles. The van der Waals surface area contributed by atoms with Crippen molar-refractivity contribution in [2.75, 3.05) is 11.9 Å². The smallest absolute Gasteiger partial charge is 0.315 e. The van der Waals surface area contributed by atoms with Gasteiger partial charge in [0.05, 0.1) is 6.04 Å². The van der Waals surface area contributed by atoms with Crippen molar-refractivity contribution in [2.45, 2.75) is 25.3 Å². The first-order valence-electron chi connectivity index (χ1n) is 6.14. The molecular formula is C13H16N4O. The predicted molar refractivity (Wildman–Crippen MR) is 68.3 cm³/mol. The quantitative estimate of drug-likeness (QED) is 0.858. The van der Waals surface area contributed by atoms with Crippen molar-refractivity contribution in [3.63, 3.8) is 0 Å². The summed E-state index contributed by atoms with van der Waals surface area (Å²) in [6.07, 6.45) is 1.11. The van der Waals surface area contributed by atoms with E-state index in [4.69, 9.17) is 10.2 Å². The molecule has 94 valence electrons. The molecule has 5 heteroatoms. The van der Waals surface area contributed by atoms with Crippen molar-refractivity contribution >= 4 is 6.01 Å². The topological polar surface area (TPSA) is 77.0 Å². The first-order valence-corrected chi connectivity index (χ1v) is 6.14. The van der Waals surface area contributed by atoms with Crippen LogP contribution in [0.5, 0.6) is 0 Å². The number of aromatic nitrogens is 2. The van der Waals surface area contributed by atoms with Crippen molar-refractivity contribution in [2.24, 2.45) is 5.73 Å². The Morgan fingerprint density at radius 2 is 2.28 bits per heavy atom. The lowest BCUT2D eigenvalue weighted by Crippen LogP contribution is -2.24. The average molecular weight is 244 g/mol. The van der Waals surface area contributed by atoms with Gasteiger partial charge in [-0.05, 0) is 24.5 Å². The van der Waals surface area contributed by atoms with E-state index < -0.39 is 0 Å². The van der Waals surface area contributed by atoms with Crippen molar-refractivity contribution in [1.82, 2.24) is 10.2 Å². The summed E-state index contributed by atoms with van der Waals surface area (Å²) < 4.78 is 5.39. The van der Waals surface area contributed by atoms with E-state index in [-0.39, 0.29) is 6.04 Å². The van der Waals surface area contributed by atoms with Crippen molar-refractivity contribution in [3.05, 3.63) is 41.3 Å². The lowest BCUT2D eigenvalue weighted by Gasteiger charge is -2.29. The maximum absolute atomic E-state index is 5.66. The van der Waals surface area contributed by atoms with E-state index in [1.165, 1.54) is 11.1 Å². The Kier molecular flexibility index (Phi) is 2.76. The standard InChI is InChI=1S/C13H16N4O/c1-8(14)12-16-17-13(18-12)15-7-10-6-9-4-2-3-5-11(9)10/h2-5,8,10H,6-7,14H2,1H3,(H,15,17). The highest BCUT2D eigenvalue weighted by Gasteiger charge is 2.25. The minimum atomic E-state index is -0.225. The Bertz CT molecular complexity index is 549. The van der Waals surface area contributed by atoms with Gasteiger partial charge in [0.25, 0.3) is 0 Å². The van der Waals surface area contributed by atoms with Gasteiger partial charge in [0, 0.05) is 12.5 Å². The molecule has 3 rings (SSSR count). The van der Waals surface area contributed by atoms with Crippen LogP contribution in [0.1, 0.15) is 35.9 Å². The second-order valence-electron chi connectivity index (χ2n) is 4.71. The molecule has 1 heterocycles. The minimum Gasteiger partial charge on any atom is -0.406 e. The third kappa shape index (κ3) is 1.97. The van der Waals surface area contributed by atoms with Gasteiger partial charge in [-0.1, -0.05) is 29.4 Å². The number of hydrogen-bond donors (Lipinski definition) is 2. The van der Waals surface area contributed by atoms with Crippen LogP contribution in [-0.4, -0.2) is 16.7 Å². The molecule has 0 bridgehead atoms. The van der Waals surface area contributed by atoms with E-state index >= 15 is 0 Å². The lowest BCUT2D eigenvalue weighted by atomic mass is 9.78. The minimum absolute atomic E-state index is 0.225. The molecule has 0 aliphatic heterocycles. The Balaban J connectivity index is 1.60. The second kappa shape index (κ2) is 4.42. The van der Waals surface area contributed by atoms with Crippen LogP contribution >= 0.6 is 0 Å². The van der Waals surface area contributed by atoms with Crippen LogP contribution in [0.4, 0.5) is 6.01 Å². The molecule has 2 atom stereocenters. The number of rotatable bonds is 4. The van der Waals surface area contributed by atoms with Gasteiger partial charge >= 0.3 is 6.01 Å². The SMILES string of the molecule is CC(N)c1nnc(NCC2Cc3ccccc32)o1. The molecule has 18 heavy (non-hydrogen) atoms. The molecule has 1 aliphatic carbocycles. The summed E-state index contributed by atoms with van der Waals surface area (Å²) in [5.41, 5.74) is 8.51. The maximum atomic E-state index is 5.66. The Morgan fingerprint density at radius 3 is 3.00 bits per heavy atom. The van der Waals surface area contributed by atoms with Crippen molar-refractivity contribution in [3.8, 4) is 0 Å². The Labute approximate surface area is 105 Å². The number of nitrogens with two attached hydrogens (primary N) is 1. The van der Waals surface area contributed by atoms with E-state index in [1.807, 2.05) is 6.92 Å².